The summed E-state index contributed by atoms with van der Waals surface area (Å²) in [7, 11) is 1.55. The van der Waals surface area contributed by atoms with E-state index in [9.17, 15) is 9.90 Å². The summed E-state index contributed by atoms with van der Waals surface area (Å²) in [5.74, 6) is 0.203. The fourth-order valence-corrected chi connectivity index (χ4v) is 2.68. The average molecular weight is 330 g/mol. The van der Waals surface area contributed by atoms with Gasteiger partial charge in [-0.25, -0.2) is 9.48 Å². The Morgan fingerprint density at radius 3 is 2.79 bits per heavy atom. The molecule has 1 aliphatic heterocycles. The molecular weight excluding hydrogens is 312 g/mol. The maximum absolute atomic E-state index is 12.6. The predicted octanol–water partition coefficient (Wildman–Crippen LogP) is 1.46. The molecule has 1 atom stereocenters. The molecule has 2 aromatic rings. The highest BCUT2D eigenvalue weighted by molar-refractivity contribution is 5.92. The number of anilines is 1. The molecule has 1 aliphatic rings. The number of methoxy groups -OCH3 is 1. The molecule has 126 valence electrons. The molecule has 0 spiro atoms. The van der Waals surface area contributed by atoms with Crippen molar-refractivity contribution in [2.24, 2.45) is 0 Å². The van der Waals surface area contributed by atoms with Crippen LogP contribution in [0.3, 0.4) is 0 Å². The van der Waals surface area contributed by atoms with Crippen molar-refractivity contribution in [2.75, 3.05) is 25.6 Å². The van der Waals surface area contributed by atoms with E-state index in [1.165, 1.54) is 6.33 Å². The normalized spacial score (nSPS) is 16.5. The van der Waals surface area contributed by atoms with Gasteiger partial charge in [0.2, 0.25) is 5.95 Å². The zero-order valence-electron chi connectivity index (χ0n) is 13.4. The second-order valence-electron chi connectivity index (χ2n) is 5.19. The topological polar surface area (TPSA) is 98.5 Å². The van der Waals surface area contributed by atoms with Gasteiger partial charge in [-0.1, -0.05) is 12.1 Å². The Morgan fingerprint density at radius 2 is 2.12 bits per heavy atom. The van der Waals surface area contributed by atoms with Gasteiger partial charge in [-0.15, -0.1) is 0 Å². The first kappa shape index (κ1) is 16.0. The third kappa shape index (κ3) is 2.83. The fourth-order valence-electron chi connectivity index (χ4n) is 2.68. The Labute approximate surface area is 138 Å². The van der Waals surface area contributed by atoms with Crippen LogP contribution in [0.1, 0.15) is 18.5 Å². The number of aromatic nitrogens is 3. The number of rotatable bonds is 5. The molecule has 2 heterocycles. The van der Waals surface area contributed by atoms with E-state index < -0.39 is 12.0 Å². The second-order valence-corrected chi connectivity index (χ2v) is 5.19. The van der Waals surface area contributed by atoms with Crippen molar-refractivity contribution < 1.29 is 19.4 Å². The van der Waals surface area contributed by atoms with Gasteiger partial charge in [0.25, 0.3) is 0 Å². The van der Waals surface area contributed by atoms with E-state index in [2.05, 4.69) is 15.4 Å². The molecule has 0 bridgehead atoms. The van der Waals surface area contributed by atoms with E-state index in [0.29, 0.717) is 17.2 Å². The molecule has 24 heavy (non-hydrogen) atoms. The maximum atomic E-state index is 12.6. The number of carbonyl (C=O) groups excluding carboxylic acids is 1. The molecule has 0 saturated carbocycles. The monoisotopic (exact) mass is 330 g/mol. The summed E-state index contributed by atoms with van der Waals surface area (Å²) in [5.41, 5.74) is 1.76. The van der Waals surface area contributed by atoms with Gasteiger partial charge in [-0.05, 0) is 24.6 Å². The molecule has 3 rings (SSSR count). The lowest BCUT2D eigenvalue weighted by molar-refractivity contribution is -0.139. The Balaban J connectivity index is 2.15. The molecule has 0 amide bonds. The maximum Gasteiger partial charge on any atom is 0.338 e. The number of nitrogens with one attached hydrogen (secondary N) is 1. The van der Waals surface area contributed by atoms with Crippen LogP contribution in [-0.2, 0) is 14.3 Å². The van der Waals surface area contributed by atoms with E-state index in [-0.39, 0.29) is 19.0 Å². The number of benzene rings is 1. The third-order valence-corrected chi connectivity index (χ3v) is 3.67. The molecule has 0 radical (unpaired) electrons. The highest BCUT2D eigenvalue weighted by atomic mass is 16.5. The zero-order chi connectivity index (χ0) is 17.1. The Morgan fingerprint density at radius 1 is 1.38 bits per heavy atom. The molecule has 2 N–H and O–H groups in total. The lowest BCUT2D eigenvalue weighted by atomic mass is 9.95. The van der Waals surface area contributed by atoms with Gasteiger partial charge in [0.15, 0.2) is 0 Å². The number of hydrogen-bond acceptors (Lipinski definition) is 7. The van der Waals surface area contributed by atoms with Crippen molar-refractivity contribution in [3.8, 4) is 5.75 Å². The summed E-state index contributed by atoms with van der Waals surface area (Å²) in [6, 6.07) is 6.08. The van der Waals surface area contributed by atoms with E-state index in [4.69, 9.17) is 9.47 Å². The van der Waals surface area contributed by atoms with E-state index >= 15 is 0 Å². The number of aromatic hydroxyl groups is 1. The number of ether oxygens (including phenoxy) is 2. The summed E-state index contributed by atoms with van der Waals surface area (Å²) < 4.78 is 12.0. The molecule has 0 saturated heterocycles. The minimum Gasteiger partial charge on any atom is -0.508 e. The first-order valence-electron chi connectivity index (χ1n) is 7.50. The Kier molecular flexibility index (Phi) is 4.48. The van der Waals surface area contributed by atoms with Crippen molar-refractivity contribution in [1.82, 2.24) is 14.8 Å². The van der Waals surface area contributed by atoms with Crippen molar-refractivity contribution in [1.29, 1.82) is 0 Å². The minimum absolute atomic E-state index is 0.144. The van der Waals surface area contributed by atoms with Crippen LogP contribution in [0.5, 0.6) is 5.75 Å². The van der Waals surface area contributed by atoms with Gasteiger partial charge in [0.05, 0.1) is 24.5 Å². The smallest absolute Gasteiger partial charge is 0.338 e. The van der Waals surface area contributed by atoms with E-state index in [1.54, 1.807) is 43.0 Å². The molecule has 8 nitrogen and oxygen atoms in total. The molecular formula is C16H18N4O4. The molecule has 1 aromatic carbocycles. The van der Waals surface area contributed by atoms with Gasteiger partial charge in [0, 0.05) is 7.11 Å². The number of esters is 1. The minimum atomic E-state index is -0.520. The van der Waals surface area contributed by atoms with Crippen LogP contribution in [-0.4, -0.2) is 46.2 Å². The summed E-state index contributed by atoms with van der Waals surface area (Å²) in [4.78, 5) is 16.8. The molecule has 0 aliphatic carbocycles. The van der Waals surface area contributed by atoms with Gasteiger partial charge in [-0.2, -0.15) is 10.1 Å². The number of fused-ring (bicyclic) bond motifs is 1. The highest BCUT2D eigenvalue weighted by Crippen LogP contribution is 2.35. The predicted molar refractivity (Wildman–Crippen MR) is 85.4 cm³/mol. The van der Waals surface area contributed by atoms with Gasteiger partial charge >= 0.3 is 5.97 Å². The SMILES string of the molecule is CCOC(=O)C1=C(COC)Nc2ncnn2C1c1ccc(O)cc1. The van der Waals surface area contributed by atoms with Crippen molar-refractivity contribution in [3.05, 3.63) is 47.4 Å². The summed E-state index contributed by atoms with van der Waals surface area (Å²) in [5, 5.41) is 16.8. The lowest BCUT2D eigenvalue weighted by Crippen LogP contribution is -2.31. The molecule has 1 aromatic heterocycles. The summed E-state index contributed by atoms with van der Waals surface area (Å²) >= 11 is 0. The Hall–Kier alpha value is -2.87. The van der Waals surface area contributed by atoms with Crippen molar-refractivity contribution in [3.63, 3.8) is 0 Å². The lowest BCUT2D eigenvalue weighted by Gasteiger charge is -2.29. The van der Waals surface area contributed by atoms with E-state index in [0.717, 1.165) is 5.56 Å². The molecule has 1 unspecified atom stereocenters. The standard InChI is InChI=1S/C16H18N4O4/c1-3-24-15(22)13-12(8-23-2)19-16-17-9-18-20(16)14(13)10-4-6-11(21)7-5-10/h4-7,9,14,21H,3,8H2,1-2H3,(H,17,18,19). The van der Waals surface area contributed by atoms with Crippen LogP contribution in [0.2, 0.25) is 0 Å². The quantitative estimate of drug-likeness (QED) is 0.801. The van der Waals surface area contributed by atoms with Crippen LogP contribution in [0.4, 0.5) is 5.95 Å². The second kappa shape index (κ2) is 6.71. The van der Waals surface area contributed by atoms with Gasteiger partial charge < -0.3 is 19.9 Å². The first-order valence-corrected chi connectivity index (χ1v) is 7.50. The van der Waals surface area contributed by atoms with Gasteiger partial charge in [0.1, 0.15) is 18.1 Å². The zero-order valence-corrected chi connectivity index (χ0v) is 13.4. The van der Waals surface area contributed by atoms with Crippen LogP contribution in [0, 0.1) is 0 Å². The average Bonchev–Trinajstić information content (AvgIpc) is 3.03. The summed E-state index contributed by atoms with van der Waals surface area (Å²) in [6.07, 6.45) is 1.41. The third-order valence-electron chi connectivity index (χ3n) is 3.67. The fraction of sp³-hybridized carbons (Fsp3) is 0.312. The van der Waals surface area contributed by atoms with Crippen molar-refractivity contribution in [2.45, 2.75) is 13.0 Å². The number of hydrogen-bond donors (Lipinski definition) is 2. The molecule has 8 heteroatoms. The van der Waals surface area contributed by atoms with E-state index in [1.807, 2.05) is 0 Å². The van der Waals surface area contributed by atoms with Crippen molar-refractivity contribution >= 4 is 11.9 Å². The van der Waals surface area contributed by atoms with Crippen LogP contribution >= 0.6 is 0 Å². The number of carbonyl (C=O) groups is 1. The van der Waals surface area contributed by atoms with Crippen LogP contribution < -0.4 is 5.32 Å². The molecule has 0 fully saturated rings. The number of phenols is 1. The first-order chi connectivity index (χ1) is 11.7. The van der Waals surface area contributed by atoms with Gasteiger partial charge in [-0.3, -0.25) is 0 Å². The Bertz CT molecular complexity index is 767. The van der Waals surface area contributed by atoms with Crippen LogP contribution in [0.25, 0.3) is 0 Å². The van der Waals surface area contributed by atoms with Crippen LogP contribution in [0.15, 0.2) is 41.9 Å². The highest BCUT2D eigenvalue weighted by Gasteiger charge is 2.35. The number of phenolic OH excluding ortho intramolecular Hbond substituents is 1. The summed E-state index contributed by atoms with van der Waals surface area (Å²) in [6.45, 7) is 2.21. The largest absolute Gasteiger partial charge is 0.508 e. The number of nitrogens with zero attached hydrogens (tertiary/aromatic N) is 3.